The Bertz CT molecular complexity index is 1940. The predicted octanol–water partition coefficient (Wildman–Crippen LogP) is 7.51. The van der Waals surface area contributed by atoms with E-state index in [0.29, 0.717) is 18.5 Å². The number of ether oxygens (including phenoxy) is 2. The Morgan fingerprint density at radius 2 is 1.61 bits per heavy atom. The van der Waals surface area contributed by atoms with Gasteiger partial charge in [-0.25, -0.2) is 0 Å². The van der Waals surface area contributed by atoms with Gasteiger partial charge in [-0.15, -0.1) is 0 Å². The number of rotatable bonds is 24. The second-order valence-corrected chi connectivity index (χ2v) is 21.1. The zero-order valence-corrected chi connectivity index (χ0v) is 39.0. The third kappa shape index (κ3) is 15.8. The topological polar surface area (TPSA) is 195 Å². The molecule has 0 saturated heterocycles. The van der Waals surface area contributed by atoms with Crippen LogP contribution in [0.25, 0.3) is 0 Å². The van der Waals surface area contributed by atoms with E-state index in [2.05, 4.69) is 18.8 Å². The third-order valence-electron chi connectivity index (χ3n) is 9.43. The molecule has 0 bridgehead atoms. The van der Waals surface area contributed by atoms with Crippen LogP contribution in [0.15, 0.2) is 77.8 Å². The molecule has 3 amide bonds. The molecular weight excluding hydrogens is 877 g/mol. The van der Waals surface area contributed by atoms with Crippen molar-refractivity contribution in [2.45, 2.75) is 115 Å². The Hall–Kier alpha value is -3.46. The Labute approximate surface area is 361 Å². The number of carbonyl (C=O) groups is 3. The summed E-state index contributed by atoms with van der Waals surface area (Å²) in [6, 6.07) is 16.8. The van der Waals surface area contributed by atoms with Crippen molar-refractivity contribution in [1.82, 2.24) is 19.8 Å². The number of amides is 3. The van der Waals surface area contributed by atoms with E-state index in [1.807, 2.05) is 86.8 Å². The number of phosphoric ester groups is 1. The van der Waals surface area contributed by atoms with Crippen LogP contribution < -0.4 is 5.73 Å². The summed E-state index contributed by atoms with van der Waals surface area (Å²) in [4.78, 5) is 74.9. The Kier molecular flexibility index (Phi) is 19.2. The van der Waals surface area contributed by atoms with Crippen molar-refractivity contribution in [2.75, 3.05) is 7.05 Å². The van der Waals surface area contributed by atoms with Gasteiger partial charge < -0.3 is 0 Å². The minimum atomic E-state index is -5.04. The van der Waals surface area contributed by atoms with E-state index in [1.54, 1.807) is 18.8 Å². The molecule has 18 heteroatoms. The Morgan fingerprint density at radius 3 is 2.14 bits per heavy atom. The summed E-state index contributed by atoms with van der Waals surface area (Å²) in [5, 5.41) is 2.86. The van der Waals surface area contributed by atoms with Gasteiger partial charge in [0.1, 0.15) is 0 Å². The summed E-state index contributed by atoms with van der Waals surface area (Å²) in [5.74, 6) is -0.889. The molecular formula is C41H57AsN5O9PS2. The second kappa shape index (κ2) is 23.5. The number of carbonyl (C=O) groups excluding carboxylic acids is 3. The van der Waals surface area contributed by atoms with Gasteiger partial charge in [0, 0.05) is 0 Å². The van der Waals surface area contributed by atoms with Crippen LogP contribution in [0, 0.1) is 5.92 Å². The van der Waals surface area contributed by atoms with Gasteiger partial charge in [0.05, 0.1) is 0 Å². The van der Waals surface area contributed by atoms with Crippen LogP contribution in [0.4, 0.5) is 9.59 Å². The van der Waals surface area contributed by atoms with Crippen LogP contribution in [0.3, 0.4) is 0 Å². The first-order valence-electron chi connectivity index (χ1n) is 19.6. The zero-order valence-electron chi connectivity index (χ0n) is 34.4. The molecule has 0 aliphatic heterocycles. The van der Waals surface area contributed by atoms with E-state index in [4.69, 9.17) is 24.7 Å². The fraction of sp³-hybridized carbons (Fsp3) is 0.488. The molecule has 6 atom stereocenters. The van der Waals surface area contributed by atoms with Gasteiger partial charge in [-0.3, -0.25) is 0 Å². The van der Waals surface area contributed by atoms with Gasteiger partial charge in [0.25, 0.3) is 0 Å². The van der Waals surface area contributed by atoms with Crippen molar-refractivity contribution < 1.29 is 42.7 Å². The number of nitrogens with two attached hydrogens (primary N) is 1. The average molecular weight is 934 g/mol. The van der Waals surface area contributed by atoms with Crippen molar-refractivity contribution in [3.05, 3.63) is 104 Å². The van der Waals surface area contributed by atoms with E-state index < -0.39 is 75.4 Å². The molecule has 2 unspecified atom stereocenters. The van der Waals surface area contributed by atoms with E-state index >= 15 is 0 Å². The molecule has 0 aliphatic carbocycles. The summed E-state index contributed by atoms with van der Waals surface area (Å²) in [6.45, 7) is 9.81. The molecule has 4 rings (SSSR count). The molecule has 2 aromatic carbocycles. The van der Waals surface area contributed by atoms with E-state index in [1.165, 1.54) is 32.5 Å². The summed E-state index contributed by atoms with van der Waals surface area (Å²) in [5.41, 5.74) is 10.3. The zero-order chi connectivity index (χ0) is 43.1. The second-order valence-electron chi connectivity index (χ2n) is 15.0. The number of benzene rings is 2. The van der Waals surface area contributed by atoms with Crippen molar-refractivity contribution in [3.63, 3.8) is 0 Å². The van der Waals surface area contributed by atoms with Crippen molar-refractivity contribution in [1.29, 1.82) is 0 Å². The monoisotopic (exact) mass is 933 g/mol. The van der Waals surface area contributed by atoms with Gasteiger partial charge in [0.2, 0.25) is 0 Å². The first kappa shape index (κ1) is 48.2. The molecule has 0 saturated carbocycles. The van der Waals surface area contributed by atoms with Crippen molar-refractivity contribution in [2.24, 2.45) is 11.7 Å². The molecule has 0 radical (unpaired) electrons. The number of nitrogens with zero attached hydrogens (tertiary/aromatic N) is 4. The standard InChI is InChI=1S/C41H57AsN5O9PS2/c1-7-14-36(56-57(51,52)53)55-35(34(20-30-17-12-9-13-18-30)42-40(49)54-24-33-22-44-26-59-33)21-32(19-29-15-10-8-11-16-29)47(37(27(2)3)38(43)48)41(50)46(6)23-31-25-58-39(45-31)28(4)5/h8-13,15-18,22,25-28,32,34-37,42H,7,14,19-21,23-24H2,1-6H3,(H2,43,48)(H2,51,52,53)/t32-,34-,35-,36?,37-/m0/s1. The number of phosphoric acid groups is 1. The molecule has 0 fully saturated rings. The molecule has 14 nitrogen and oxygen atoms in total. The molecule has 322 valence electrons. The first-order chi connectivity index (χ1) is 28.0. The van der Waals surface area contributed by atoms with Gasteiger partial charge in [-0.1, -0.05) is 13.8 Å². The summed E-state index contributed by atoms with van der Waals surface area (Å²) in [7, 11) is -3.38. The molecule has 0 aliphatic rings. The van der Waals surface area contributed by atoms with Crippen molar-refractivity contribution >= 4 is 62.9 Å². The molecule has 2 heterocycles. The number of primary amides is 1. The number of hydrogen-bond donors (Lipinski definition) is 3. The molecule has 4 aromatic rings. The van der Waals surface area contributed by atoms with Crippen LogP contribution in [-0.2, 0) is 49.4 Å². The van der Waals surface area contributed by atoms with Crippen molar-refractivity contribution in [3.8, 4) is 0 Å². The van der Waals surface area contributed by atoms with E-state index in [9.17, 15) is 28.7 Å². The third-order valence-corrected chi connectivity index (χ3v) is 14.7. The van der Waals surface area contributed by atoms with Crippen LogP contribution in [-0.4, -0.2) is 93.5 Å². The van der Waals surface area contributed by atoms with Gasteiger partial charge in [-0.2, -0.15) is 0 Å². The van der Waals surface area contributed by atoms with E-state index in [-0.39, 0.29) is 38.3 Å². The molecule has 59 heavy (non-hydrogen) atoms. The average Bonchev–Trinajstić information content (AvgIpc) is 3.88. The van der Waals surface area contributed by atoms with Gasteiger partial charge in [-0.05, 0) is 0 Å². The summed E-state index contributed by atoms with van der Waals surface area (Å²) >= 11 is 1.19. The van der Waals surface area contributed by atoms with Crippen LogP contribution in [0.5, 0.6) is 0 Å². The predicted molar refractivity (Wildman–Crippen MR) is 231 cm³/mol. The Morgan fingerprint density at radius 1 is 0.966 bits per heavy atom. The maximum absolute atomic E-state index is 15.0. The van der Waals surface area contributed by atoms with Gasteiger partial charge in [0.15, 0.2) is 0 Å². The summed E-state index contributed by atoms with van der Waals surface area (Å²) < 4.78 is 29.0. The fourth-order valence-electron chi connectivity index (χ4n) is 6.74. The van der Waals surface area contributed by atoms with E-state index in [0.717, 1.165) is 21.0 Å². The number of aromatic nitrogens is 2. The van der Waals surface area contributed by atoms with Crippen LogP contribution in [0.2, 0.25) is 4.71 Å². The quantitative estimate of drug-likeness (QED) is 0.0358. The fourth-order valence-corrected chi connectivity index (χ4v) is 11.0. The van der Waals surface area contributed by atoms with Crippen LogP contribution >= 0.6 is 30.5 Å². The first-order valence-corrected chi connectivity index (χ1v) is 25.1. The number of hydrogen-bond acceptors (Lipinski definition) is 11. The van der Waals surface area contributed by atoms with Crippen LogP contribution in [0.1, 0.15) is 86.5 Å². The molecule has 0 spiro atoms. The SMILES string of the molecule is CCCC(O[C@@H](C[C@H](Cc1ccccc1)N(C(=O)N(C)Cc1csc(C(C)C)n1)[C@H](C(N)=O)C(C)C)[C@H](Cc1ccccc1)[AsH]C(=O)OCc1cncs1)OP(=O)(O)O. The normalized spacial score (nSPS) is 14.6. The molecule has 2 aromatic heterocycles. The summed E-state index contributed by atoms with van der Waals surface area (Å²) in [6.07, 6.45) is 0.617. The maximum atomic E-state index is 15.0. The molecule has 4 N–H and O–H groups in total. The number of thiazole rings is 2. The minimum absolute atomic E-state index is 0.0486. The van der Waals surface area contributed by atoms with Gasteiger partial charge >= 0.3 is 350 Å². The number of urea groups is 1. The Balaban J connectivity index is 1.85.